The van der Waals surface area contributed by atoms with E-state index in [4.69, 9.17) is 0 Å². The van der Waals surface area contributed by atoms with E-state index in [-0.39, 0.29) is 5.91 Å². The Kier molecular flexibility index (Phi) is 4.93. The first-order valence-electron chi connectivity index (χ1n) is 4.87. The van der Waals surface area contributed by atoms with Crippen LogP contribution in [-0.4, -0.2) is 21.4 Å². The molecule has 0 saturated carbocycles. The summed E-state index contributed by atoms with van der Waals surface area (Å²) < 4.78 is 2.49. The van der Waals surface area contributed by atoms with Crippen LogP contribution in [0, 0.1) is 3.57 Å². The first-order valence-corrected chi connectivity index (χ1v) is 6.66. The summed E-state index contributed by atoms with van der Waals surface area (Å²) >= 11 is 5.25. The van der Waals surface area contributed by atoms with Crippen LogP contribution in [0.15, 0.2) is 30.3 Å². The molecule has 0 aliphatic carbocycles. The van der Waals surface area contributed by atoms with E-state index in [1.54, 1.807) is 13.8 Å². The monoisotopic (exact) mass is 410 g/mol. The van der Waals surface area contributed by atoms with Crippen molar-refractivity contribution in [3.63, 3.8) is 0 Å². The van der Waals surface area contributed by atoms with Gasteiger partial charge in [-0.3, -0.25) is 10.1 Å². The normalized spacial score (nSPS) is 17.3. The molecular weight excluding hydrogens is 399 g/mol. The highest BCUT2D eigenvalue weighted by Gasteiger charge is 2.44. The minimum Gasteiger partial charge on any atom is -0.275 e. The number of imide groups is 1. The van der Waals surface area contributed by atoms with Gasteiger partial charge in [0.2, 0.25) is 0 Å². The SMILES string of the molecule is CC1(C)C(=O)NC(=O)N1Br.Ic1ccccc1. The largest absolute Gasteiger partial charge is 0.335 e. The van der Waals surface area contributed by atoms with Crippen molar-refractivity contribution >= 4 is 50.7 Å². The standard InChI is InChI=1S/C6H5I.C5H7BrN2O2/c7-6-4-2-1-3-5-6;1-5(2)3(9)7-4(10)8(5)6/h1-5H;1-2H3,(H,7,9,10). The van der Waals surface area contributed by atoms with Crippen molar-refractivity contribution in [1.82, 2.24) is 9.24 Å². The van der Waals surface area contributed by atoms with Gasteiger partial charge in [-0.05, 0) is 48.6 Å². The Balaban J connectivity index is 0.000000181. The van der Waals surface area contributed by atoms with Crippen LogP contribution in [0.25, 0.3) is 0 Å². The lowest BCUT2D eigenvalue weighted by molar-refractivity contribution is -0.123. The minimum atomic E-state index is -0.767. The van der Waals surface area contributed by atoms with Gasteiger partial charge in [0.1, 0.15) is 5.54 Å². The quantitative estimate of drug-likeness (QED) is 0.406. The van der Waals surface area contributed by atoms with E-state index >= 15 is 0 Å². The van der Waals surface area contributed by atoms with E-state index in [1.165, 1.54) is 7.50 Å². The minimum absolute atomic E-state index is 0.283. The molecule has 17 heavy (non-hydrogen) atoms. The zero-order chi connectivity index (χ0) is 13.1. The number of hydrogen-bond acceptors (Lipinski definition) is 2. The number of nitrogens with one attached hydrogen (secondary N) is 1. The van der Waals surface area contributed by atoms with E-state index in [9.17, 15) is 9.59 Å². The topological polar surface area (TPSA) is 49.4 Å². The Labute approximate surface area is 122 Å². The molecule has 0 atom stereocenters. The van der Waals surface area contributed by atoms with Gasteiger partial charge in [-0.1, -0.05) is 18.2 Å². The van der Waals surface area contributed by atoms with Gasteiger partial charge in [0.25, 0.3) is 5.91 Å². The number of carbonyl (C=O) groups excluding carboxylic acids is 2. The van der Waals surface area contributed by atoms with Crippen LogP contribution < -0.4 is 5.32 Å². The van der Waals surface area contributed by atoms with Crippen LogP contribution in [0.4, 0.5) is 4.79 Å². The van der Waals surface area contributed by atoms with Crippen molar-refractivity contribution in [2.75, 3.05) is 0 Å². The Morgan fingerprint density at radius 1 is 1.24 bits per heavy atom. The third-order valence-corrected chi connectivity index (χ3v) is 4.11. The van der Waals surface area contributed by atoms with Gasteiger partial charge < -0.3 is 0 Å². The molecule has 1 N–H and O–H groups in total. The zero-order valence-corrected chi connectivity index (χ0v) is 13.1. The van der Waals surface area contributed by atoms with Gasteiger partial charge in [-0.15, -0.1) is 0 Å². The molecule has 92 valence electrons. The third kappa shape index (κ3) is 3.67. The molecular formula is C11H12BrIN2O2. The van der Waals surface area contributed by atoms with Crippen molar-refractivity contribution < 1.29 is 9.59 Å². The molecule has 0 unspecified atom stereocenters. The molecule has 4 nitrogen and oxygen atoms in total. The lowest BCUT2D eigenvalue weighted by Gasteiger charge is -2.19. The van der Waals surface area contributed by atoms with E-state index in [0.29, 0.717) is 0 Å². The maximum atomic E-state index is 10.9. The molecule has 1 aromatic carbocycles. The molecule has 1 saturated heterocycles. The molecule has 1 heterocycles. The predicted octanol–water partition coefficient (Wildman–Crippen LogP) is 2.92. The molecule has 2 rings (SSSR count). The van der Waals surface area contributed by atoms with Gasteiger partial charge in [-0.2, -0.15) is 0 Å². The maximum absolute atomic E-state index is 10.9. The summed E-state index contributed by atoms with van der Waals surface area (Å²) in [6.07, 6.45) is 0. The number of hydrogen-bond donors (Lipinski definition) is 1. The van der Waals surface area contributed by atoms with E-state index in [1.807, 2.05) is 18.2 Å². The van der Waals surface area contributed by atoms with Gasteiger partial charge in [-0.25, -0.2) is 8.72 Å². The van der Waals surface area contributed by atoms with E-state index in [0.717, 1.165) is 0 Å². The highest BCUT2D eigenvalue weighted by Crippen LogP contribution is 2.23. The van der Waals surface area contributed by atoms with Crippen LogP contribution in [-0.2, 0) is 4.79 Å². The van der Waals surface area contributed by atoms with Crippen LogP contribution in [0.2, 0.25) is 0 Å². The fourth-order valence-electron chi connectivity index (χ4n) is 1.06. The number of rotatable bonds is 0. The molecule has 6 heteroatoms. The van der Waals surface area contributed by atoms with E-state index < -0.39 is 11.6 Å². The number of amides is 3. The highest BCUT2D eigenvalue weighted by atomic mass is 127. The Morgan fingerprint density at radius 2 is 1.76 bits per heavy atom. The summed E-state index contributed by atoms with van der Waals surface area (Å²) in [5.41, 5.74) is -0.767. The van der Waals surface area contributed by atoms with Crippen molar-refractivity contribution in [3.05, 3.63) is 33.9 Å². The van der Waals surface area contributed by atoms with Crippen LogP contribution in [0.3, 0.4) is 0 Å². The zero-order valence-electron chi connectivity index (χ0n) is 9.41. The number of halogens is 2. The number of benzene rings is 1. The molecule has 3 amide bonds. The summed E-state index contributed by atoms with van der Waals surface area (Å²) in [5, 5.41) is 2.16. The van der Waals surface area contributed by atoms with Gasteiger partial charge in [0, 0.05) is 3.57 Å². The third-order valence-electron chi connectivity index (χ3n) is 2.18. The van der Waals surface area contributed by atoms with Crippen LogP contribution >= 0.6 is 38.7 Å². The first-order chi connectivity index (χ1) is 7.85. The molecule has 1 aliphatic heterocycles. The van der Waals surface area contributed by atoms with E-state index in [2.05, 4.69) is 56.2 Å². The summed E-state index contributed by atoms with van der Waals surface area (Å²) in [6, 6.07) is 9.81. The summed E-state index contributed by atoms with van der Waals surface area (Å²) in [4.78, 5) is 21.7. The smallest absolute Gasteiger partial charge is 0.275 e. The fourth-order valence-corrected chi connectivity index (χ4v) is 1.72. The summed E-state index contributed by atoms with van der Waals surface area (Å²) in [6.45, 7) is 3.31. The van der Waals surface area contributed by atoms with Gasteiger partial charge in [0.05, 0.1) is 16.1 Å². The number of urea groups is 1. The Hall–Kier alpha value is -0.630. The van der Waals surface area contributed by atoms with Crippen molar-refractivity contribution in [3.8, 4) is 0 Å². The maximum Gasteiger partial charge on any atom is 0.335 e. The molecule has 0 radical (unpaired) electrons. The predicted molar refractivity (Wildman–Crippen MR) is 77.5 cm³/mol. The molecule has 0 aromatic heterocycles. The molecule has 1 aromatic rings. The highest BCUT2D eigenvalue weighted by molar-refractivity contribution is 14.1. The molecule has 0 spiro atoms. The number of nitrogens with zero attached hydrogens (tertiary/aromatic N) is 1. The van der Waals surface area contributed by atoms with Crippen LogP contribution in [0.5, 0.6) is 0 Å². The lowest BCUT2D eigenvalue weighted by Crippen LogP contribution is -2.38. The van der Waals surface area contributed by atoms with Crippen molar-refractivity contribution in [2.45, 2.75) is 19.4 Å². The average molecular weight is 411 g/mol. The molecule has 1 aliphatic rings. The van der Waals surface area contributed by atoms with Crippen molar-refractivity contribution in [1.29, 1.82) is 0 Å². The Morgan fingerprint density at radius 3 is 1.94 bits per heavy atom. The second-order valence-electron chi connectivity index (χ2n) is 3.89. The second kappa shape index (κ2) is 5.81. The van der Waals surface area contributed by atoms with Crippen LogP contribution in [0.1, 0.15) is 13.8 Å². The summed E-state index contributed by atoms with van der Waals surface area (Å²) in [5.74, 6) is -0.283. The average Bonchev–Trinajstić information content (AvgIpc) is 2.45. The first kappa shape index (κ1) is 14.4. The second-order valence-corrected chi connectivity index (χ2v) is 5.85. The molecule has 1 fully saturated rings. The lowest BCUT2D eigenvalue weighted by atomic mass is 10.1. The summed E-state index contributed by atoms with van der Waals surface area (Å²) in [7, 11) is 0. The fraction of sp³-hybridized carbons (Fsp3) is 0.273. The van der Waals surface area contributed by atoms with Gasteiger partial charge in [0.15, 0.2) is 0 Å². The van der Waals surface area contributed by atoms with Gasteiger partial charge >= 0.3 is 6.03 Å². The Bertz CT molecular complexity index is 423. The molecule has 0 bridgehead atoms. The van der Waals surface area contributed by atoms with Crippen molar-refractivity contribution in [2.24, 2.45) is 0 Å². The number of carbonyl (C=O) groups is 2.